The molecule has 86 valence electrons. The zero-order chi connectivity index (χ0) is 11.6. The molecule has 2 N–H and O–H groups in total. The molecule has 2 atom stereocenters. The highest BCUT2D eigenvalue weighted by Crippen LogP contribution is 2.27. The predicted octanol–water partition coefficient (Wildman–Crippen LogP) is 1.85. The number of nitrogens with zero attached hydrogens (tertiary/aromatic N) is 2. The quantitative estimate of drug-likeness (QED) is 0.913. The van der Waals surface area contributed by atoms with Crippen molar-refractivity contribution >= 4 is 15.9 Å². The maximum Gasteiger partial charge on any atom is 0.0802 e. The second-order valence-electron chi connectivity index (χ2n) is 3.97. The minimum absolute atomic E-state index is 0.00306. The molecule has 0 fully saturated rings. The number of hydrogen-bond donors (Lipinski definition) is 1. The number of aromatic nitrogens is 2. The molecule has 0 aliphatic rings. The van der Waals surface area contributed by atoms with Crippen molar-refractivity contribution in [3.8, 4) is 0 Å². The van der Waals surface area contributed by atoms with Gasteiger partial charge in [0.25, 0.3) is 0 Å². The fraction of sp³-hybridized carbons (Fsp3) is 0.700. The summed E-state index contributed by atoms with van der Waals surface area (Å²) in [6.07, 6.45) is 1.75. The van der Waals surface area contributed by atoms with Gasteiger partial charge in [0, 0.05) is 14.2 Å². The zero-order valence-electron chi connectivity index (χ0n) is 9.57. The van der Waals surface area contributed by atoms with Crippen molar-refractivity contribution in [2.75, 3.05) is 7.11 Å². The number of rotatable bonds is 4. The Morgan fingerprint density at radius 2 is 2.13 bits per heavy atom. The third-order valence-electron chi connectivity index (χ3n) is 2.54. The Kier molecular flexibility index (Phi) is 4.31. The molecule has 0 radical (unpaired) electrons. The topological polar surface area (TPSA) is 53.1 Å². The average molecular weight is 276 g/mol. The number of nitrogens with two attached hydrogens (primary N) is 1. The molecule has 0 aromatic carbocycles. The molecule has 1 aromatic rings. The summed E-state index contributed by atoms with van der Waals surface area (Å²) in [5, 5.41) is 4.15. The minimum Gasteiger partial charge on any atom is -0.379 e. The van der Waals surface area contributed by atoms with Gasteiger partial charge in [-0.25, -0.2) is 0 Å². The van der Waals surface area contributed by atoms with E-state index in [4.69, 9.17) is 10.5 Å². The fourth-order valence-electron chi connectivity index (χ4n) is 1.78. The van der Waals surface area contributed by atoms with E-state index in [0.717, 1.165) is 10.2 Å². The van der Waals surface area contributed by atoms with Crippen molar-refractivity contribution in [3.63, 3.8) is 0 Å². The first-order valence-corrected chi connectivity index (χ1v) is 5.74. The fourth-order valence-corrected chi connectivity index (χ4v) is 2.40. The van der Waals surface area contributed by atoms with E-state index in [2.05, 4.69) is 34.9 Å². The van der Waals surface area contributed by atoms with Crippen molar-refractivity contribution in [1.29, 1.82) is 0 Å². The largest absolute Gasteiger partial charge is 0.379 e. The van der Waals surface area contributed by atoms with Crippen LogP contribution in [0.2, 0.25) is 0 Å². The van der Waals surface area contributed by atoms with Crippen LogP contribution in [0.3, 0.4) is 0 Å². The van der Waals surface area contributed by atoms with Gasteiger partial charge in [0.1, 0.15) is 0 Å². The van der Waals surface area contributed by atoms with Crippen LogP contribution in [0.15, 0.2) is 10.7 Å². The molecule has 0 spiro atoms. The van der Waals surface area contributed by atoms with E-state index < -0.39 is 0 Å². The van der Waals surface area contributed by atoms with E-state index >= 15 is 0 Å². The lowest BCUT2D eigenvalue weighted by Gasteiger charge is -2.26. The molecule has 0 aliphatic heterocycles. The maximum absolute atomic E-state index is 6.18. The van der Waals surface area contributed by atoms with Crippen LogP contribution in [-0.2, 0) is 11.8 Å². The second-order valence-corrected chi connectivity index (χ2v) is 4.83. The number of ether oxygens (including phenoxy) is 1. The standard InChI is InChI=1S/C10H18BrN3O/c1-6(2)10(15-4)8(12)9-7(11)5-13-14(9)3/h5-6,8,10H,12H2,1-4H3. The Labute approximate surface area is 98.9 Å². The Morgan fingerprint density at radius 1 is 1.53 bits per heavy atom. The van der Waals surface area contributed by atoms with Gasteiger partial charge in [0.15, 0.2) is 0 Å². The lowest BCUT2D eigenvalue weighted by atomic mass is 9.98. The molecule has 1 rings (SSSR count). The Hall–Kier alpha value is -0.390. The number of aryl methyl sites for hydroxylation is 1. The van der Waals surface area contributed by atoms with Gasteiger partial charge in [0.05, 0.1) is 28.5 Å². The van der Waals surface area contributed by atoms with Gasteiger partial charge in [-0.05, 0) is 21.8 Å². The molecule has 0 bridgehead atoms. The maximum atomic E-state index is 6.18. The van der Waals surface area contributed by atoms with Crippen LogP contribution in [-0.4, -0.2) is 23.0 Å². The molecule has 0 amide bonds. The molecular formula is C10H18BrN3O. The van der Waals surface area contributed by atoms with Crippen LogP contribution in [0.4, 0.5) is 0 Å². The number of hydrogen-bond acceptors (Lipinski definition) is 3. The number of methoxy groups -OCH3 is 1. The first-order valence-electron chi connectivity index (χ1n) is 4.94. The van der Waals surface area contributed by atoms with E-state index in [0.29, 0.717) is 5.92 Å². The van der Waals surface area contributed by atoms with Crippen LogP contribution < -0.4 is 5.73 Å². The SMILES string of the molecule is COC(C(C)C)C(N)c1c(Br)cnn1C. The molecule has 2 unspecified atom stereocenters. The Morgan fingerprint density at radius 3 is 2.47 bits per heavy atom. The Balaban J connectivity index is 2.97. The van der Waals surface area contributed by atoms with Crippen LogP contribution >= 0.6 is 15.9 Å². The van der Waals surface area contributed by atoms with Crippen molar-refractivity contribution in [1.82, 2.24) is 9.78 Å². The molecule has 4 nitrogen and oxygen atoms in total. The van der Waals surface area contributed by atoms with Gasteiger partial charge in [0.2, 0.25) is 0 Å². The summed E-state index contributed by atoms with van der Waals surface area (Å²) in [5.41, 5.74) is 7.15. The first-order chi connectivity index (χ1) is 6.99. The smallest absolute Gasteiger partial charge is 0.0802 e. The predicted molar refractivity (Wildman–Crippen MR) is 63.5 cm³/mol. The lowest BCUT2D eigenvalue weighted by Crippen LogP contribution is -2.34. The molecule has 15 heavy (non-hydrogen) atoms. The first kappa shape index (κ1) is 12.7. The van der Waals surface area contributed by atoms with Gasteiger partial charge < -0.3 is 10.5 Å². The van der Waals surface area contributed by atoms with Gasteiger partial charge in [-0.2, -0.15) is 5.10 Å². The van der Waals surface area contributed by atoms with E-state index in [1.54, 1.807) is 18.0 Å². The summed E-state index contributed by atoms with van der Waals surface area (Å²) < 4.78 is 8.13. The summed E-state index contributed by atoms with van der Waals surface area (Å²) in [5.74, 6) is 0.367. The van der Waals surface area contributed by atoms with Gasteiger partial charge in [-0.15, -0.1) is 0 Å². The van der Waals surface area contributed by atoms with Crippen LogP contribution in [0.1, 0.15) is 25.6 Å². The normalized spacial score (nSPS) is 15.7. The van der Waals surface area contributed by atoms with E-state index in [-0.39, 0.29) is 12.1 Å². The van der Waals surface area contributed by atoms with Crippen molar-refractivity contribution < 1.29 is 4.74 Å². The highest BCUT2D eigenvalue weighted by molar-refractivity contribution is 9.10. The average Bonchev–Trinajstić information content (AvgIpc) is 2.46. The highest BCUT2D eigenvalue weighted by Gasteiger charge is 2.26. The van der Waals surface area contributed by atoms with Gasteiger partial charge >= 0.3 is 0 Å². The Bertz CT molecular complexity index is 305. The molecule has 0 aliphatic carbocycles. The summed E-state index contributed by atoms with van der Waals surface area (Å²) in [4.78, 5) is 0. The van der Waals surface area contributed by atoms with E-state index in [1.165, 1.54) is 0 Å². The lowest BCUT2D eigenvalue weighted by molar-refractivity contribution is 0.0415. The highest BCUT2D eigenvalue weighted by atomic mass is 79.9. The molecule has 1 heterocycles. The molecule has 5 heteroatoms. The van der Waals surface area contributed by atoms with Crippen LogP contribution in [0, 0.1) is 5.92 Å². The summed E-state index contributed by atoms with van der Waals surface area (Å²) in [6, 6.07) is -0.170. The minimum atomic E-state index is -0.170. The summed E-state index contributed by atoms with van der Waals surface area (Å²) >= 11 is 3.45. The monoisotopic (exact) mass is 275 g/mol. The van der Waals surface area contributed by atoms with E-state index in [9.17, 15) is 0 Å². The van der Waals surface area contributed by atoms with Crippen molar-refractivity contribution in [2.24, 2.45) is 18.7 Å². The molecular weight excluding hydrogens is 258 g/mol. The van der Waals surface area contributed by atoms with Crippen molar-refractivity contribution in [3.05, 3.63) is 16.4 Å². The van der Waals surface area contributed by atoms with Crippen molar-refractivity contribution in [2.45, 2.75) is 26.0 Å². The third kappa shape index (κ3) is 2.59. The third-order valence-corrected chi connectivity index (χ3v) is 3.15. The summed E-state index contributed by atoms with van der Waals surface area (Å²) in [6.45, 7) is 4.19. The van der Waals surface area contributed by atoms with E-state index in [1.807, 2.05) is 7.05 Å². The molecule has 0 saturated heterocycles. The van der Waals surface area contributed by atoms with Crippen LogP contribution in [0.25, 0.3) is 0 Å². The molecule has 1 aromatic heterocycles. The van der Waals surface area contributed by atoms with Crippen LogP contribution in [0.5, 0.6) is 0 Å². The molecule has 0 saturated carbocycles. The second kappa shape index (κ2) is 5.09. The van der Waals surface area contributed by atoms with Gasteiger partial charge in [-0.3, -0.25) is 4.68 Å². The number of halogens is 1. The van der Waals surface area contributed by atoms with Gasteiger partial charge in [-0.1, -0.05) is 13.8 Å². The summed E-state index contributed by atoms with van der Waals surface area (Å²) in [7, 11) is 3.57. The zero-order valence-corrected chi connectivity index (χ0v) is 11.2.